The number of para-hydroxylation sites is 1. The molecular weight excluding hydrogens is 467 g/mol. The van der Waals surface area contributed by atoms with Gasteiger partial charge in [0, 0.05) is 28.5 Å². The number of carbonyl (C=O) groups excluding carboxylic acids is 1. The molecule has 168 valence electrons. The zero-order valence-corrected chi connectivity index (χ0v) is 18.1. The Kier molecular flexibility index (Phi) is 7.47. The summed E-state index contributed by atoms with van der Waals surface area (Å²) in [5, 5.41) is 14.1. The number of rotatable bonds is 8. The van der Waals surface area contributed by atoms with E-state index in [1.807, 2.05) is 6.07 Å². The molecule has 6 nitrogen and oxygen atoms in total. The molecule has 2 aromatic carbocycles. The summed E-state index contributed by atoms with van der Waals surface area (Å²) >= 11 is 7.26. The molecule has 0 aliphatic rings. The van der Waals surface area contributed by atoms with Crippen molar-refractivity contribution in [1.82, 2.24) is 9.88 Å². The van der Waals surface area contributed by atoms with Crippen molar-refractivity contribution in [3.63, 3.8) is 0 Å². The quantitative estimate of drug-likeness (QED) is 0.316. The number of carbonyl (C=O) groups is 1. The minimum absolute atomic E-state index is 0.0232. The number of nitro groups is 1. The molecule has 0 fully saturated rings. The maximum Gasteiger partial charge on any atom is 0.406 e. The molecule has 0 aliphatic heterocycles. The van der Waals surface area contributed by atoms with Crippen molar-refractivity contribution < 1.29 is 22.9 Å². The highest BCUT2D eigenvalue weighted by Crippen LogP contribution is 2.24. The van der Waals surface area contributed by atoms with Crippen LogP contribution in [0, 0.1) is 10.1 Å². The number of benzene rings is 2. The van der Waals surface area contributed by atoms with Gasteiger partial charge in [0.05, 0.1) is 28.6 Å². The number of hydrogen-bond donors (Lipinski definition) is 0. The van der Waals surface area contributed by atoms with E-state index in [1.165, 1.54) is 35.6 Å². The number of hydrogen-bond acceptors (Lipinski definition) is 5. The van der Waals surface area contributed by atoms with Crippen molar-refractivity contribution in [1.29, 1.82) is 0 Å². The standard InChI is InChI=1S/C21H17ClF3N3O3S/c22-16-6-3-4-14(8-16)9-19-26-17(12-32-19)10-20(29)27(13-21(23,24)25)11-15-5-1-2-7-18(15)28(30)31/h1-8,12H,9-11,13H2. The van der Waals surface area contributed by atoms with Gasteiger partial charge in [-0.2, -0.15) is 13.2 Å². The Balaban J connectivity index is 1.74. The van der Waals surface area contributed by atoms with E-state index >= 15 is 0 Å². The van der Waals surface area contributed by atoms with E-state index in [0.717, 1.165) is 5.56 Å². The van der Waals surface area contributed by atoms with Crippen LogP contribution >= 0.6 is 22.9 Å². The molecule has 0 radical (unpaired) electrons. The van der Waals surface area contributed by atoms with Crippen molar-refractivity contribution >= 4 is 34.5 Å². The van der Waals surface area contributed by atoms with Crippen LogP contribution < -0.4 is 0 Å². The van der Waals surface area contributed by atoms with Crippen LogP contribution in [0.3, 0.4) is 0 Å². The summed E-state index contributed by atoms with van der Waals surface area (Å²) in [5.74, 6) is -0.819. The van der Waals surface area contributed by atoms with Gasteiger partial charge in [0.25, 0.3) is 5.69 Å². The van der Waals surface area contributed by atoms with Crippen molar-refractivity contribution in [2.24, 2.45) is 0 Å². The van der Waals surface area contributed by atoms with Crippen molar-refractivity contribution in [2.45, 2.75) is 25.6 Å². The molecule has 11 heteroatoms. The molecule has 3 aromatic rings. The minimum Gasteiger partial charge on any atom is -0.329 e. The first kappa shape index (κ1) is 23.7. The lowest BCUT2D eigenvalue weighted by atomic mass is 10.1. The third kappa shape index (κ3) is 6.76. The molecule has 0 spiro atoms. The molecule has 1 aromatic heterocycles. The highest BCUT2D eigenvalue weighted by Gasteiger charge is 2.34. The molecule has 0 N–H and O–H groups in total. The molecule has 0 saturated carbocycles. The first-order chi connectivity index (χ1) is 15.1. The van der Waals surface area contributed by atoms with Crippen molar-refractivity contribution in [3.8, 4) is 0 Å². The van der Waals surface area contributed by atoms with Crippen LogP contribution in [0.15, 0.2) is 53.9 Å². The van der Waals surface area contributed by atoms with Gasteiger partial charge in [-0.15, -0.1) is 11.3 Å². The van der Waals surface area contributed by atoms with Gasteiger partial charge in [-0.1, -0.05) is 41.9 Å². The summed E-state index contributed by atoms with van der Waals surface area (Å²) in [5.41, 5.74) is 0.937. The number of halogens is 4. The second kappa shape index (κ2) is 10.1. The number of aromatic nitrogens is 1. The topological polar surface area (TPSA) is 76.3 Å². The summed E-state index contributed by atoms with van der Waals surface area (Å²) in [6.45, 7) is -2.05. The minimum atomic E-state index is -4.65. The summed E-state index contributed by atoms with van der Waals surface area (Å²) < 4.78 is 39.3. The Morgan fingerprint density at radius 2 is 1.94 bits per heavy atom. The van der Waals surface area contributed by atoms with Crippen LogP contribution in [0.5, 0.6) is 0 Å². The molecule has 0 atom stereocenters. The molecule has 0 aliphatic carbocycles. The van der Waals surface area contributed by atoms with Gasteiger partial charge in [0.1, 0.15) is 6.54 Å². The fourth-order valence-electron chi connectivity index (χ4n) is 3.08. The molecular formula is C21H17ClF3N3O3S. The zero-order chi connectivity index (χ0) is 23.3. The number of thiazole rings is 1. The van der Waals surface area contributed by atoms with Gasteiger partial charge in [-0.05, 0) is 17.7 Å². The predicted octanol–water partition coefficient (Wildman–Crippen LogP) is 5.43. The molecule has 0 saturated heterocycles. The summed E-state index contributed by atoms with van der Waals surface area (Å²) in [7, 11) is 0. The largest absolute Gasteiger partial charge is 0.406 e. The van der Waals surface area contributed by atoms with Crippen LogP contribution in [0.4, 0.5) is 18.9 Å². The van der Waals surface area contributed by atoms with E-state index in [0.29, 0.717) is 27.0 Å². The van der Waals surface area contributed by atoms with E-state index < -0.39 is 30.1 Å². The molecule has 1 amide bonds. The second-order valence-corrected chi connectivity index (χ2v) is 8.35. The number of amides is 1. The highest BCUT2D eigenvalue weighted by molar-refractivity contribution is 7.09. The monoisotopic (exact) mass is 483 g/mol. The normalized spacial score (nSPS) is 11.4. The average Bonchev–Trinajstić information content (AvgIpc) is 3.13. The fourth-order valence-corrected chi connectivity index (χ4v) is 4.12. The average molecular weight is 484 g/mol. The second-order valence-electron chi connectivity index (χ2n) is 6.97. The lowest BCUT2D eigenvalue weighted by molar-refractivity contribution is -0.385. The number of nitro benzene ring substituents is 1. The Labute approximate surface area is 190 Å². The highest BCUT2D eigenvalue weighted by atomic mass is 35.5. The zero-order valence-electron chi connectivity index (χ0n) is 16.5. The van der Waals surface area contributed by atoms with E-state index in [2.05, 4.69) is 4.98 Å². The van der Waals surface area contributed by atoms with E-state index in [4.69, 9.17) is 11.6 Å². The van der Waals surface area contributed by atoms with Gasteiger partial charge in [0.15, 0.2) is 0 Å². The summed E-state index contributed by atoms with van der Waals surface area (Å²) in [6, 6.07) is 12.6. The predicted molar refractivity (Wildman–Crippen MR) is 115 cm³/mol. The maximum absolute atomic E-state index is 13.1. The summed E-state index contributed by atoms with van der Waals surface area (Å²) in [4.78, 5) is 28.1. The SMILES string of the molecule is O=C(Cc1csc(Cc2cccc(Cl)c2)n1)N(Cc1ccccc1[N+](=O)[O-])CC(F)(F)F. The van der Waals surface area contributed by atoms with Gasteiger partial charge in [-0.25, -0.2) is 4.98 Å². The fraction of sp³-hybridized carbons (Fsp3) is 0.238. The van der Waals surface area contributed by atoms with E-state index in [-0.39, 0.29) is 17.7 Å². The van der Waals surface area contributed by atoms with Crippen molar-refractivity contribution in [3.05, 3.63) is 90.9 Å². The number of alkyl halides is 3. The Morgan fingerprint density at radius 1 is 1.19 bits per heavy atom. The third-order valence-electron chi connectivity index (χ3n) is 4.45. The van der Waals surface area contributed by atoms with E-state index in [1.54, 1.807) is 23.6 Å². The van der Waals surface area contributed by atoms with Crippen LogP contribution in [0.2, 0.25) is 5.02 Å². The van der Waals surface area contributed by atoms with Crippen LogP contribution in [-0.4, -0.2) is 33.4 Å². The Bertz CT molecular complexity index is 1120. The van der Waals surface area contributed by atoms with Crippen molar-refractivity contribution in [2.75, 3.05) is 6.54 Å². The molecule has 32 heavy (non-hydrogen) atoms. The first-order valence-electron chi connectivity index (χ1n) is 9.35. The van der Waals surface area contributed by atoms with Gasteiger partial charge in [-0.3, -0.25) is 14.9 Å². The smallest absolute Gasteiger partial charge is 0.329 e. The van der Waals surface area contributed by atoms with E-state index in [9.17, 15) is 28.1 Å². The van der Waals surface area contributed by atoms with Gasteiger partial charge >= 0.3 is 6.18 Å². The van der Waals surface area contributed by atoms with Crippen LogP contribution in [0.25, 0.3) is 0 Å². The lowest BCUT2D eigenvalue weighted by Gasteiger charge is -2.23. The third-order valence-corrected chi connectivity index (χ3v) is 5.58. The Morgan fingerprint density at radius 3 is 2.62 bits per heavy atom. The molecule has 0 bridgehead atoms. The Hall–Kier alpha value is -2.98. The maximum atomic E-state index is 13.1. The van der Waals surface area contributed by atoms with Crippen LogP contribution in [0.1, 0.15) is 21.8 Å². The molecule has 0 unspecified atom stereocenters. The number of nitrogens with zero attached hydrogens (tertiary/aromatic N) is 3. The first-order valence-corrected chi connectivity index (χ1v) is 10.6. The van der Waals surface area contributed by atoms with Crippen LogP contribution in [-0.2, 0) is 24.2 Å². The molecule has 3 rings (SSSR count). The van der Waals surface area contributed by atoms with Gasteiger partial charge < -0.3 is 4.90 Å². The summed E-state index contributed by atoms with van der Waals surface area (Å²) in [6.07, 6.45) is -4.52. The molecule has 1 heterocycles. The van der Waals surface area contributed by atoms with Gasteiger partial charge in [0.2, 0.25) is 5.91 Å². The lowest BCUT2D eigenvalue weighted by Crippen LogP contribution is -2.39.